The second-order valence-electron chi connectivity index (χ2n) is 1.29. The lowest BCUT2D eigenvalue weighted by molar-refractivity contribution is 0.537. The first-order chi connectivity index (χ1) is 4.13. The average molecular weight is 188 g/mol. The maximum absolute atomic E-state index is 9.87. The number of hydrogen-bond donors (Lipinski definition) is 0. The van der Waals surface area contributed by atoms with Crippen LogP contribution in [0.25, 0.3) is 0 Å². The first-order valence-corrected chi connectivity index (χ1v) is 4.20. The first-order valence-electron chi connectivity index (χ1n) is 2.20. The van der Waals surface area contributed by atoms with Crippen LogP contribution in [0.4, 0.5) is 0 Å². The molecule has 0 bridgehead atoms. The van der Waals surface area contributed by atoms with Crippen LogP contribution in [0.3, 0.4) is 0 Å². The van der Waals surface area contributed by atoms with Gasteiger partial charge >= 0.3 is 0 Å². The molecule has 0 saturated heterocycles. The first kappa shape index (κ1) is 9.43. The highest BCUT2D eigenvalue weighted by Crippen LogP contribution is 2.06. The number of allylic oxidation sites excluding steroid dienone is 1. The third kappa shape index (κ3) is 8.43. The summed E-state index contributed by atoms with van der Waals surface area (Å²) in [6.45, 7) is 0. The molecule has 1 unspecified atom stereocenters. The highest BCUT2D eigenvalue weighted by molar-refractivity contribution is 7.79. The van der Waals surface area contributed by atoms with Crippen molar-refractivity contribution in [2.75, 3.05) is 5.75 Å². The zero-order valence-corrected chi connectivity index (χ0v) is 6.80. The van der Waals surface area contributed by atoms with Crippen LogP contribution >= 0.6 is 23.2 Å². The number of halogens is 2. The van der Waals surface area contributed by atoms with E-state index < -0.39 is 11.1 Å². The van der Waals surface area contributed by atoms with Crippen molar-refractivity contribution < 1.29 is 8.76 Å². The molecule has 0 fully saturated rings. The van der Waals surface area contributed by atoms with E-state index in [1.54, 1.807) is 0 Å². The molecule has 0 amide bonds. The predicted octanol–water partition coefficient (Wildman–Crippen LogP) is 1.57. The minimum absolute atomic E-state index is 0.0724. The molecule has 0 radical (unpaired) electrons. The Kier molecular flexibility index (Phi) is 5.48. The van der Waals surface area contributed by atoms with Crippen LogP contribution in [0.2, 0.25) is 0 Å². The molecule has 0 aliphatic carbocycles. The normalized spacial score (nSPS) is 12.8. The second-order valence-corrected chi connectivity index (χ2v) is 3.31. The largest absolute Gasteiger partial charge is 0.772 e. The second kappa shape index (κ2) is 5.23. The van der Waals surface area contributed by atoms with Crippen molar-refractivity contribution in [2.45, 2.75) is 6.42 Å². The topological polar surface area (TPSA) is 40.1 Å². The Bertz CT molecular complexity index is 131. The van der Waals surface area contributed by atoms with Gasteiger partial charge < -0.3 is 4.55 Å². The molecule has 0 saturated carbocycles. The van der Waals surface area contributed by atoms with Crippen LogP contribution < -0.4 is 0 Å². The summed E-state index contributed by atoms with van der Waals surface area (Å²) in [6.07, 6.45) is 1.82. The summed E-state index contributed by atoms with van der Waals surface area (Å²) in [5.74, 6) is 0.0724. The number of rotatable bonds is 3. The zero-order chi connectivity index (χ0) is 7.28. The SMILES string of the molecule is O=S([O-])CCC=C(Cl)Cl. The molecule has 0 aromatic carbocycles. The summed E-state index contributed by atoms with van der Waals surface area (Å²) in [5, 5.41) is 0. The van der Waals surface area contributed by atoms with Crippen LogP contribution in [0.15, 0.2) is 10.6 Å². The van der Waals surface area contributed by atoms with Gasteiger partial charge in [0.05, 0.1) is 0 Å². The predicted molar refractivity (Wildman–Crippen MR) is 38.2 cm³/mol. The fourth-order valence-electron chi connectivity index (χ4n) is 0.264. The monoisotopic (exact) mass is 187 g/mol. The van der Waals surface area contributed by atoms with Gasteiger partial charge in [0.25, 0.3) is 0 Å². The highest BCUT2D eigenvalue weighted by Gasteiger charge is 1.83. The van der Waals surface area contributed by atoms with E-state index >= 15 is 0 Å². The van der Waals surface area contributed by atoms with Gasteiger partial charge in [-0.25, -0.2) is 0 Å². The average Bonchev–Trinajstić information content (AvgIpc) is 1.63. The van der Waals surface area contributed by atoms with E-state index in [2.05, 4.69) is 0 Å². The highest BCUT2D eigenvalue weighted by atomic mass is 35.5. The molecule has 0 spiro atoms. The molecule has 0 N–H and O–H groups in total. The van der Waals surface area contributed by atoms with E-state index in [4.69, 9.17) is 23.2 Å². The maximum atomic E-state index is 9.87. The fourth-order valence-corrected chi connectivity index (χ4v) is 0.793. The van der Waals surface area contributed by atoms with Gasteiger partial charge in [0.2, 0.25) is 0 Å². The van der Waals surface area contributed by atoms with Crippen LogP contribution in [0, 0.1) is 0 Å². The van der Waals surface area contributed by atoms with Crippen molar-refractivity contribution in [1.29, 1.82) is 0 Å². The summed E-state index contributed by atoms with van der Waals surface area (Å²) in [7, 11) is 0. The Morgan fingerprint density at radius 1 is 1.67 bits per heavy atom. The molecule has 2 nitrogen and oxygen atoms in total. The van der Waals surface area contributed by atoms with E-state index in [0.717, 1.165) is 0 Å². The van der Waals surface area contributed by atoms with Gasteiger partial charge in [0, 0.05) is 5.75 Å². The molecule has 0 aromatic rings. The maximum Gasteiger partial charge on any atom is 0.102 e. The van der Waals surface area contributed by atoms with Crippen molar-refractivity contribution in [3.05, 3.63) is 10.6 Å². The van der Waals surface area contributed by atoms with Gasteiger partial charge in [0.15, 0.2) is 0 Å². The minimum atomic E-state index is -1.99. The summed E-state index contributed by atoms with van der Waals surface area (Å²) < 4.78 is 19.8. The third-order valence-corrected chi connectivity index (χ3v) is 1.46. The molecule has 1 atom stereocenters. The van der Waals surface area contributed by atoms with Gasteiger partial charge in [-0.3, -0.25) is 4.21 Å². The smallest absolute Gasteiger partial charge is 0.102 e. The summed E-state index contributed by atoms with van der Waals surface area (Å²) >= 11 is 8.38. The van der Waals surface area contributed by atoms with Gasteiger partial charge in [0.1, 0.15) is 4.49 Å². The minimum Gasteiger partial charge on any atom is -0.772 e. The quantitative estimate of drug-likeness (QED) is 0.630. The lowest BCUT2D eigenvalue weighted by Crippen LogP contribution is -1.92. The molecular weight excluding hydrogens is 183 g/mol. The summed E-state index contributed by atoms with van der Waals surface area (Å²) in [6, 6.07) is 0. The fraction of sp³-hybridized carbons (Fsp3) is 0.500. The van der Waals surface area contributed by atoms with Crippen molar-refractivity contribution in [1.82, 2.24) is 0 Å². The van der Waals surface area contributed by atoms with E-state index in [9.17, 15) is 8.76 Å². The Morgan fingerprint density at radius 3 is 2.56 bits per heavy atom. The molecule has 0 aromatic heterocycles. The molecule has 0 aliphatic rings. The Labute approximate surface area is 66.1 Å². The molecule has 0 heterocycles. The zero-order valence-electron chi connectivity index (χ0n) is 4.47. The van der Waals surface area contributed by atoms with Crippen molar-refractivity contribution in [3.8, 4) is 0 Å². The van der Waals surface area contributed by atoms with E-state index in [1.807, 2.05) is 0 Å². The number of hydrogen-bond acceptors (Lipinski definition) is 2. The van der Waals surface area contributed by atoms with Gasteiger partial charge in [-0.05, 0) is 6.42 Å². The Morgan fingerprint density at radius 2 is 2.22 bits per heavy atom. The molecule has 0 rings (SSSR count). The van der Waals surface area contributed by atoms with Crippen LogP contribution in [-0.4, -0.2) is 14.5 Å². The van der Waals surface area contributed by atoms with Crippen molar-refractivity contribution in [2.24, 2.45) is 0 Å². The van der Waals surface area contributed by atoms with Crippen LogP contribution in [0.5, 0.6) is 0 Å². The Balaban J connectivity index is 3.31. The lowest BCUT2D eigenvalue weighted by Gasteiger charge is -1.99. The lowest BCUT2D eigenvalue weighted by atomic mass is 10.5. The van der Waals surface area contributed by atoms with E-state index in [0.29, 0.717) is 6.42 Å². The van der Waals surface area contributed by atoms with Gasteiger partial charge in [-0.2, -0.15) is 0 Å². The van der Waals surface area contributed by atoms with Gasteiger partial charge in [-0.1, -0.05) is 40.4 Å². The van der Waals surface area contributed by atoms with Gasteiger partial charge in [-0.15, -0.1) is 0 Å². The van der Waals surface area contributed by atoms with Crippen molar-refractivity contribution in [3.63, 3.8) is 0 Å². The molecule has 9 heavy (non-hydrogen) atoms. The molecule has 5 heteroatoms. The summed E-state index contributed by atoms with van der Waals surface area (Å²) in [4.78, 5) is 0. The van der Waals surface area contributed by atoms with Crippen molar-refractivity contribution >= 4 is 34.3 Å². The molecule has 54 valence electrons. The van der Waals surface area contributed by atoms with Crippen LogP contribution in [0.1, 0.15) is 6.42 Å². The molecule has 0 aliphatic heterocycles. The Hall–Kier alpha value is 0.430. The standard InChI is InChI=1S/C4H6Cl2O2S/c5-4(6)2-1-3-9(7)8/h2H,1,3H2,(H,7,8)/p-1. The van der Waals surface area contributed by atoms with E-state index in [1.165, 1.54) is 6.08 Å². The summed E-state index contributed by atoms with van der Waals surface area (Å²) in [5.41, 5.74) is 0. The third-order valence-electron chi connectivity index (χ3n) is 0.583. The van der Waals surface area contributed by atoms with E-state index in [-0.39, 0.29) is 10.2 Å². The molecular formula is C4H5Cl2O2S-. The van der Waals surface area contributed by atoms with Crippen LogP contribution in [-0.2, 0) is 11.1 Å².